The van der Waals surface area contributed by atoms with Gasteiger partial charge in [-0.15, -0.1) is 0 Å². The predicted octanol–water partition coefficient (Wildman–Crippen LogP) is 3.26. The molecule has 2 aromatic rings. The summed E-state index contributed by atoms with van der Waals surface area (Å²) in [6.45, 7) is 2.18. The maximum absolute atomic E-state index is 5.12. The molecule has 0 spiro atoms. The molecule has 0 saturated carbocycles. The van der Waals surface area contributed by atoms with Gasteiger partial charge in [0.25, 0.3) is 0 Å². The molecule has 0 fully saturated rings. The van der Waals surface area contributed by atoms with E-state index in [9.17, 15) is 0 Å². The van der Waals surface area contributed by atoms with Gasteiger partial charge in [-0.3, -0.25) is 0 Å². The Morgan fingerprint density at radius 3 is 2.72 bits per heavy atom. The quantitative estimate of drug-likeness (QED) is 0.373. The van der Waals surface area contributed by atoms with Crippen molar-refractivity contribution in [3.05, 3.63) is 39.9 Å². The molecule has 2 aromatic heterocycles. The molecule has 0 bridgehead atoms. The van der Waals surface area contributed by atoms with E-state index in [-0.39, 0.29) is 0 Å². The Morgan fingerprint density at radius 2 is 2.11 bits per heavy atom. The Balaban J connectivity index is 2.36. The van der Waals surface area contributed by atoms with Crippen molar-refractivity contribution >= 4 is 61.1 Å². The number of pyridine rings is 1. The first-order valence-electron chi connectivity index (χ1n) is 5.00. The SMILES string of the molecule is CP(=[Se])(Sc1cc(=S)[nH]c(=S)[nH]1)c1ccccn1. The van der Waals surface area contributed by atoms with E-state index < -0.39 is 4.71 Å². The molecule has 0 saturated heterocycles. The average Bonchev–Trinajstić information content (AvgIpc) is 2.28. The van der Waals surface area contributed by atoms with E-state index in [1.165, 1.54) is 0 Å². The topological polar surface area (TPSA) is 44.5 Å². The summed E-state index contributed by atoms with van der Waals surface area (Å²) < 4.78 is -0.325. The summed E-state index contributed by atoms with van der Waals surface area (Å²) in [5.41, 5.74) is 1.08. The van der Waals surface area contributed by atoms with Crippen LogP contribution in [0.4, 0.5) is 0 Å². The summed E-state index contributed by atoms with van der Waals surface area (Å²) in [5.74, 6) is 0. The molecule has 0 radical (unpaired) electrons. The van der Waals surface area contributed by atoms with Crippen LogP contribution in [0.25, 0.3) is 0 Å². The van der Waals surface area contributed by atoms with Crippen LogP contribution >= 0.6 is 40.5 Å². The molecular weight excluding hydrogens is 368 g/mol. The van der Waals surface area contributed by atoms with Gasteiger partial charge in [-0.25, -0.2) is 0 Å². The second kappa shape index (κ2) is 5.95. The van der Waals surface area contributed by atoms with Crippen LogP contribution in [0.3, 0.4) is 0 Å². The zero-order valence-corrected chi connectivity index (χ0v) is 14.5. The van der Waals surface area contributed by atoms with Crippen molar-refractivity contribution in [2.75, 3.05) is 6.66 Å². The average molecular weight is 378 g/mol. The number of nitrogens with zero attached hydrogens (tertiary/aromatic N) is 1. The molecule has 94 valence electrons. The third-order valence-electron chi connectivity index (χ3n) is 2.07. The number of aromatic amines is 2. The van der Waals surface area contributed by atoms with Gasteiger partial charge < -0.3 is 0 Å². The third kappa shape index (κ3) is 3.73. The van der Waals surface area contributed by atoms with E-state index in [4.69, 9.17) is 24.4 Å². The summed E-state index contributed by atoms with van der Waals surface area (Å²) in [7, 11) is 0. The van der Waals surface area contributed by atoms with Crippen molar-refractivity contribution in [3.8, 4) is 0 Å². The first kappa shape index (κ1) is 14.4. The van der Waals surface area contributed by atoms with Crippen LogP contribution in [0, 0.1) is 9.41 Å². The normalized spacial score (nSPS) is 14.1. The first-order chi connectivity index (χ1) is 8.47. The van der Waals surface area contributed by atoms with Crippen molar-refractivity contribution in [1.82, 2.24) is 15.0 Å². The number of rotatable bonds is 3. The molecule has 2 rings (SSSR count). The van der Waals surface area contributed by atoms with E-state index in [1.54, 1.807) is 11.4 Å². The Morgan fingerprint density at radius 1 is 1.33 bits per heavy atom. The first-order valence-corrected chi connectivity index (χ1v) is 11.7. The van der Waals surface area contributed by atoms with Crippen molar-refractivity contribution in [2.45, 2.75) is 5.03 Å². The number of aromatic nitrogens is 3. The zero-order valence-electron chi connectivity index (χ0n) is 9.41. The Bertz CT molecular complexity index is 682. The van der Waals surface area contributed by atoms with Gasteiger partial charge in [0.15, 0.2) is 0 Å². The molecule has 18 heavy (non-hydrogen) atoms. The fraction of sp³-hybridized carbons (Fsp3) is 0.100. The van der Waals surface area contributed by atoms with E-state index in [0.29, 0.717) is 9.41 Å². The predicted molar refractivity (Wildman–Crippen MR) is 85.1 cm³/mol. The third-order valence-corrected chi connectivity index (χ3v) is 9.14. The number of H-pyrrole nitrogens is 2. The monoisotopic (exact) mass is 379 g/mol. The summed E-state index contributed by atoms with van der Waals surface area (Å²) in [4.78, 5) is 10.4. The summed E-state index contributed by atoms with van der Waals surface area (Å²) in [6, 6.07) is 7.84. The molecule has 3 nitrogen and oxygen atoms in total. The van der Waals surface area contributed by atoms with Crippen molar-refractivity contribution < 1.29 is 0 Å². The van der Waals surface area contributed by atoms with Gasteiger partial charge in [-0.2, -0.15) is 0 Å². The van der Waals surface area contributed by atoms with Gasteiger partial charge in [0.2, 0.25) is 0 Å². The second-order valence-electron chi connectivity index (χ2n) is 3.58. The summed E-state index contributed by atoms with van der Waals surface area (Å²) in [6.07, 6.45) is 1.81. The maximum atomic E-state index is 5.12. The van der Waals surface area contributed by atoms with Crippen LogP contribution in [0.15, 0.2) is 35.5 Å². The summed E-state index contributed by atoms with van der Waals surface area (Å²) in [5, 5.41) is 0.962. The van der Waals surface area contributed by atoms with Crippen LogP contribution in [0.1, 0.15) is 0 Å². The zero-order chi connectivity index (χ0) is 13.2. The van der Waals surface area contributed by atoms with Crippen LogP contribution < -0.4 is 5.44 Å². The van der Waals surface area contributed by atoms with Crippen molar-refractivity contribution in [2.24, 2.45) is 0 Å². The molecule has 0 aliphatic rings. The van der Waals surface area contributed by atoms with Gasteiger partial charge in [-0.05, 0) is 0 Å². The Labute approximate surface area is 127 Å². The number of hydrogen-bond acceptors (Lipinski definition) is 4. The second-order valence-corrected chi connectivity index (χ2v) is 16.1. The minimum atomic E-state index is -1.51. The molecule has 2 heterocycles. The van der Waals surface area contributed by atoms with Gasteiger partial charge >= 0.3 is 128 Å². The molecule has 0 aliphatic heterocycles. The van der Waals surface area contributed by atoms with E-state index >= 15 is 0 Å². The standard InChI is InChI=1S/C10H10N3PS3Se/c1-14(18,7-4-2-3-5-11-7)17-9-6-8(15)12-10(16)13-9/h2-6H,1H3,(H2,12,13,15,16). The molecule has 0 aromatic carbocycles. The van der Waals surface area contributed by atoms with Crippen LogP contribution in [0.2, 0.25) is 0 Å². The van der Waals surface area contributed by atoms with Gasteiger partial charge in [0.05, 0.1) is 0 Å². The van der Waals surface area contributed by atoms with E-state index in [2.05, 4.69) is 36.7 Å². The number of nitrogens with one attached hydrogen (secondary N) is 2. The van der Waals surface area contributed by atoms with Crippen LogP contribution in [-0.2, 0) is 0 Å². The Hall–Kier alpha value is -0.0305. The number of hydrogen-bond donors (Lipinski definition) is 2. The molecule has 0 aliphatic carbocycles. The van der Waals surface area contributed by atoms with E-state index in [1.807, 2.05) is 30.5 Å². The molecular formula is C10H10N3PS3Se. The molecule has 0 amide bonds. The molecule has 1 unspecified atom stereocenters. The van der Waals surface area contributed by atoms with Gasteiger partial charge in [0, 0.05) is 0 Å². The van der Waals surface area contributed by atoms with Crippen LogP contribution in [0.5, 0.6) is 0 Å². The minimum absolute atomic E-state index is 0.547. The van der Waals surface area contributed by atoms with Crippen molar-refractivity contribution in [3.63, 3.8) is 0 Å². The fourth-order valence-electron chi connectivity index (χ4n) is 1.32. The fourth-order valence-corrected chi connectivity index (χ4v) is 7.61. The van der Waals surface area contributed by atoms with Crippen LogP contribution in [-0.4, -0.2) is 36.7 Å². The molecule has 8 heteroatoms. The van der Waals surface area contributed by atoms with Gasteiger partial charge in [-0.1, -0.05) is 0 Å². The summed E-state index contributed by atoms with van der Waals surface area (Å²) >= 11 is 15.2. The molecule has 1 atom stereocenters. The van der Waals surface area contributed by atoms with Gasteiger partial charge in [0.1, 0.15) is 0 Å². The molecule has 2 N–H and O–H groups in total. The van der Waals surface area contributed by atoms with E-state index in [0.717, 1.165) is 10.5 Å². The van der Waals surface area contributed by atoms with Crippen molar-refractivity contribution in [1.29, 1.82) is 0 Å². The Kier molecular flexibility index (Phi) is 4.75.